The number of amidine groups is 1. The molecular weight excluding hydrogens is 521 g/mol. The number of halogens is 3. The molecule has 1 saturated heterocycles. The van der Waals surface area contributed by atoms with Crippen molar-refractivity contribution in [3.8, 4) is 0 Å². The van der Waals surface area contributed by atoms with Crippen LogP contribution >= 0.6 is 34.4 Å². The molecular formula is C18H13F2IN2O3S2. The minimum atomic E-state index is -4.13. The number of carbonyl (C=O) groups excluding carboxylic acids is 1. The molecule has 1 amide bonds. The van der Waals surface area contributed by atoms with Gasteiger partial charge in [-0.1, -0.05) is 12.1 Å². The van der Waals surface area contributed by atoms with Gasteiger partial charge in [0.05, 0.1) is 9.80 Å². The number of hydrogen-bond acceptors (Lipinski definition) is 4. The Balaban J connectivity index is 1.99. The summed E-state index contributed by atoms with van der Waals surface area (Å²) >= 11 is 2.70. The molecule has 0 saturated carbocycles. The van der Waals surface area contributed by atoms with Gasteiger partial charge in [0.2, 0.25) is 0 Å². The summed E-state index contributed by atoms with van der Waals surface area (Å²) in [6.07, 6.45) is 1.38. The van der Waals surface area contributed by atoms with Gasteiger partial charge in [-0.2, -0.15) is 8.42 Å². The second-order valence-corrected chi connectivity index (χ2v) is 9.38. The standard InChI is InChI=1S/C18H13F2IN2O3S2/c1-2-23-17(24)15(10-11-4-3-5-14(21)16(11)20)27-18(23)22-28(25,26)13-8-6-12(19)7-9-13/h3-10H,2H2,1H3/b15-10-,22-18+. The molecule has 1 aliphatic rings. The van der Waals surface area contributed by atoms with Crippen LogP contribution in [0.15, 0.2) is 56.7 Å². The van der Waals surface area contributed by atoms with Gasteiger partial charge in [-0.3, -0.25) is 9.69 Å². The molecule has 2 aromatic carbocycles. The first-order valence-corrected chi connectivity index (χ1v) is 11.3. The van der Waals surface area contributed by atoms with Gasteiger partial charge in [0, 0.05) is 15.7 Å². The fraction of sp³-hybridized carbons (Fsp3) is 0.111. The fourth-order valence-corrected chi connectivity index (χ4v) is 5.14. The van der Waals surface area contributed by atoms with E-state index in [2.05, 4.69) is 4.40 Å². The van der Waals surface area contributed by atoms with Crippen LogP contribution in [0, 0.1) is 15.2 Å². The molecule has 1 heterocycles. The van der Waals surface area contributed by atoms with Crippen molar-refractivity contribution >= 4 is 61.5 Å². The molecule has 10 heteroatoms. The summed E-state index contributed by atoms with van der Waals surface area (Å²) in [4.78, 5) is 13.8. The summed E-state index contributed by atoms with van der Waals surface area (Å²) in [7, 11) is -4.13. The maximum atomic E-state index is 14.2. The first kappa shape index (κ1) is 20.9. The van der Waals surface area contributed by atoms with E-state index in [9.17, 15) is 22.0 Å². The topological polar surface area (TPSA) is 66.8 Å². The van der Waals surface area contributed by atoms with Crippen molar-refractivity contribution in [2.75, 3.05) is 6.54 Å². The molecule has 0 unspecified atom stereocenters. The molecule has 0 bridgehead atoms. The van der Waals surface area contributed by atoms with E-state index in [-0.39, 0.29) is 27.1 Å². The smallest absolute Gasteiger partial charge is 0.284 e. The Morgan fingerprint density at radius 1 is 1.18 bits per heavy atom. The van der Waals surface area contributed by atoms with Crippen molar-refractivity contribution in [1.29, 1.82) is 0 Å². The minimum Gasteiger partial charge on any atom is -0.286 e. The maximum absolute atomic E-state index is 14.2. The van der Waals surface area contributed by atoms with Crippen molar-refractivity contribution in [2.45, 2.75) is 11.8 Å². The van der Waals surface area contributed by atoms with E-state index in [0.717, 1.165) is 36.0 Å². The third-order valence-corrected chi connectivity index (χ3v) is 7.02. The van der Waals surface area contributed by atoms with Gasteiger partial charge >= 0.3 is 0 Å². The molecule has 28 heavy (non-hydrogen) atoms. The average molecular weight is 534 g/mol. The molecule has 0 aromatic heterocycles. The van der Waals surface area contributed by atoms with Crippen LogP contribution in [0.2, 0.25) is 0 Å². The van der Waals surface area contributed by atoms with Crippen LogP contribution in [-0.4, -0.2) is 30.9 Å². The highest BCUT2D eigenvalue weighted by Gasteiger charge is 2.34. The van der Waals surface area contributed by atoms with Crippen LogP contribution in [0.3, 0.4) is 0 Å². The number of thioether (sulfide) groups is 1. The van der Waals surface area contributed by atoms with Gasteiger partial charge in [0.1, 0.15) is 11.6 Å². The summed E-state index contributed by atoms with van der Waals surface area (Å²) in [5.41, 5.74) is 0.224. The van der Waals surface area contributed by atoms with E-state index >= 15 is 0 Å². The normalized spacial score (nSPS) is 17.7. The predicted octanol–water partition coefficient (Wildman–Crippen LogP) is 4.25. The molecule has 0 N–H and O–H groups in total. The van der Waals surface area contributed by atoms with E-state index in [4.69, 9.17) is 0 Å². The summed E-state index contributed by atoms with van der Waals surface area (Å²) in [6.45, 7) is 1.86. The molecule has 0 spiro atoms. The monoisotopic (exact) mass is 534 g/mol. The van der Waals surface area contributed by atoms with Crippen molar-refractivity contribution in [1.82, 2.24) is 4.90 Å². The third kappa shape index (κ3) is 4.28. The lowest BCUT2D eigenvalue weighted by atomic mass is 10.2. The van der Waals surface area contributed by atoms with Crippen LogP contribution in [0.1, 0.15) is 12.5 Å². The molecule has 3 rings (SSSR count). The van der Waals surface area contributed by atoms with Crippen LogP contribution in [0.25, 0.3) is 6.08 Å². The number of benzene rings is 2. The van der Waals surface area contributed by atoms with E-state index in [0.29, 0.717) is 3.57 Å². The van der Waals surface area contributed by atoms with E-state index < -0.39 is 27.6 Å². The fourth-order valence-electron chi connectivity index (χ4n) is 2.39. The maximum Gasteiger partial charge on any atom is 0.284 e. The van der Waals surface area contributed by atoms with Crippen LogP contribution in [0.4, 0.5) is 8.78 Å². The Bertz CT molecular complexity index is 1100. The number of nitrogens with zero attached hydrogens (tertiary/aromatic N) is 2. The van der Waals surface area contributed by atoms with Crippen molar-refractivity contribution < 1.29 is 22.0 Å². The lowest BCUT2D eigenvalue weighted by Gasteiger charge is -2.11. The van der Waals surface area contributed by atoms with E-state index in [1.54, 1.807) is 19.1 Å². The second kappa shape index (κ2) is 8.29. The first-order valence-electron chi connectivity index (χ1n) is 7.99. The Labute approximate surface area is 178 Å². The number of hydrogen-bond donors (Lipinski definition) is 0. The zero-order valence-electron chi connectivity index (χ0n) is 14.4. The SMILES string of the molecule is CCN1C(=O)/C(=C/c2cccc(I)c2F)S/C1=N/S(=O)(=O)c1ccc(F)cc1. The minimum absolute atomic E-state index is 0.0332. The number of likely N-dealkylation sites (N-methyl/N-ethyl adjacent to an activating group) is 1. The Kier molecular flexibility index (Phi) is 6.20. The number of amides is 1. The molecule has 146 valence electrons. The van der Waals surface area contributed by atoms with Crippen molar-refractivity contribution in [3.05, 3.63) is 68.1 Å². The molecule has 1 aliphatic heterocycles. The van der Waals surface area contributed by atoms with Gasteiger partial charge in [0.15, 0.2) is 5.17 Å². The van der Waals surface area contributed by atoms with Crippen LogP contribution < -0.4 is 0 Å². The zero-order valence-corrected chi connectivity index (χ0v) is 18.2. The van der Waals surface area contributed by atoms with Gasteiger partial charge in [-0.25, -0.2) is 8.78 Å². The summed E-state index contributed by atoms with van der Waals surface area (Å²) in [5, 5.41) is -0.0332. The summed E-state index contributed by atoms with van der Waals surface area (Å²) < 4.78 is 56.4. The molecule has 5 nitrogen and oxygen atoms in total. The van der Waals surface area contributed by atoms with E-state index in [1.165, 1.54) is 17.0 Å². The number of carbonyl (C=O) groups is 1. The third-order valence-electron chi connectivity index (χ3n) is 3.78. The lowest BCUT2D eigenvalue weighted by Crippen LogP contribution is -2.29. The van der Waals surface area contributed by atoms with Crippen molar-refractivity contribution in [2.24, 2.45) is 4.40 Å². The number of sulfonamides is 1. The van der Waals surface area contributed by atoms with E-state index in [1.807, 2.05) is 22.6 Å². The van der Waals surface area contributed by atoms with Crippen LogP contribution in [-0.2, 0) is 14.8 Å². The van der Waals surface area contributed by atoms with Gasteiger partial charge in [0.25, 0.3) is 15.9 Å². The molecule has 0 aliphatic carbocycles. The molecule has 0 atom stereocenters. The van der Waals surface area contributed by atoms with Gasteiger partial charge in [-0.15, -0.1) is 4.40 Å². The molecule has 0 radical (unpaired) electrons. The van der Waals surface area contributed by atoms with Gasteiger partial charge < -0.3 is 0 Å². The Morgan fingerprint density at radius 2 is 1.86 bits per heavy atom. The Hall–Kier alpha value is -1.79. The highest BCUT2D eigenvalue weighted by atomic mass is 127. The quantitative estimate of drug-likeness (QED) is 0.435. The molecule has 1 fully saturated rings. The van der Waals surface area contributed by atoms with Crippen LogP contribution in [0.5, 0.6) is 0 Å². The van der Waals surface area contributed by atoms with Gasteiger partial charge in [-0.05, 0) is 77.7 Å². The summed E-state index contributed by atoms with van der Waals surface area (Å²) in [5.74, 6) is -1.49. The number of rotatable bonds is 4. The second-order valence-electron chi connectivity index (χ2n) is 5.61. The largest absolute Gasteiger partial charge is 0.286 e. The highest BCUT2D eigenvalue weighted by molar-refractivity contribution is 14.1. The zero-order chi connectivity index (χ0) is 20.5. The lowest BCUT2D eigenvalue weighted by molar-refractivity contribution is -0.122. The first-order chi connectivity index (χ1) is 13.2. The predicted molar refractivity (Wildman–Crippen MR) is 113 cm³/mol. The summed E-state index contributed by atoms with van der Waals surface area (Å²) in [6, 6.07) is 9.02. The van der Waals surface area contributed by atoms with Crippen molar-refractivity contribution in [3.63, 3.8) is 0 Å². The Morgan fingerprint density at radius 3 is 2.50 bits per heavy atom. The molecule has 2 aromatic rings. The highest BCUT2D eigenvalue weighted by Crippen LogP contribution is 2.34. The average Bonchev–Trinajstić information content (AvgIpc) is 2.93.